The molecule has 0 aromatic rings. The van der Waals surface area contributed by atoms with E-state index in [1.54, 1.807) is 7.11 Å². The third-order valence-corrected chi connectivity index (χ3v) is 3.78. The number of ether oxygens (including phenoxy) is 2. The zero-order valence-electron chi connectivity index (χ0n) is 12.6. The summed E-state index contributed by atoms with van der Waals surface area (Å²) in [7, 11) is 1.71. The Kier molecular flexibility index (Phi) is 6.92. The highest BCUT2D eigenvalue weighted by Crippen LogP contribution is 2.26. The van der Waals surface area contributed by atoms with Crippen LogP contribution in [0.3, 0.4) is 0 Å². The summed E-state index contributed by atoms with van der Waals surface area (Å²) in [5, 5.41) is 3.51. The van der Waals surface area contributed by atoms with Crippen LogP contribution in [0.4, 0.5) is 0 Å². The molecule has 1 rings (SSSR count). The van der Waals surface area contributed by atoms with Gasteiger partial charge in [0.05, 0.1) is 24.8 Å². The maximum Gasteiger partial charge on any atom is 0.335 e. The van der Waals surface area contributed by atoms with Crippen LogP contribution in [0.5, 0.6) is 0 Å². The summed E-state index contributed by atoms with van der Waals surface area (Å²) in [4.78, 5) is 11.9. The zero-order chi connectivity index (χ0) is 14.3. The van der Waals surface area contributed by atoms with Gasteiger partial charge in [0.1, 0.15) is 0 Å². The molecule has 19 heavy (non-hydrogen) atoms. The highest BCUT2D eigenvalue weighted by atomic mass is 16.5. The number of esters is 1. The third-order valence-electron chi connectivity index (χ3n) is 3.78. The minimum absolute atomic E-state index is 0.164. The second kappa shape index (κ2) is 8.20. The highest BCUT2D eigenvalue weighted by Gasteiger charge is 2.25. The van der Waals surface area contributed by atoms with Crippen molar-refractivity contribution in [3.8, 4) is 0 Å². The molecule has 0 spiro atoms. The second-order valence-electron chi connectivity index (χ2n) is 5.12. The molecule has 0 aliphatic heterocycles. The molecule has 0 aromatic heterocycles. The fourth-order valence-electron chi connectivity index (χ4n) is 2.38. The third kappa shape index (κ3) is 4.53. The SMILES string of the molecule is CCOC(=O)C1=C(N[C@H](COC)C(C)CC)CCC1. The summed E-state index contributed by atoms with van der Waals surface area (Å²) in [6.45, 7) is 7.31. The zero-order valence-corrected chi connectivity index (χ0v) is 12.6. The first-order valence-electron chi connectivity index (χ1n) is 7.28. The average molecular weight is 269 g/mol. The van der Waals surface area contributed by atoms with Gasteiger partial charge in [0.15, 0.2) is 0 Å². The van der Waals surface area contributed by atoms with Crippen LogP contribution in [-0.4, -0.2) is 32.3 Å². The Balaban J connectivity index is 2.75. The van der Waals surface area contributed by atoms with Crippen molar-refractivity contribution in [2.24, 2.45) is 5.92 Å². The fourth-order valence-corrected chi connectivity index (χ4v) is 2.38. The van der Waals surface area contributed by atoms with Crippen molar-refractivity contribution in [1.82, 2.24) is 5.32 Å². The molecule has 0 saturated heterocycles. The molecule has 1 aliphatic carbocycles. The molecule has 4 nitrogen and oxygen atoms in total. The Hall–Kier alpha value is -1.03. The summed E-state index contributed by atoms with van der Waals surface area (Å²) in [5.74, 6) is 0.347. The Morgan fingerprint density at radius 1 is 1.37 bits per heavy atom. The standard InChI is InChI=1S/C15H27NO3/c1-5-11(3)14(10-18-4)16-13-9-7-8-12(13)15(17)19-6-2/h11,14,16H,5-10H2,1-4H3/t11?,14-/m1/s1. The van der Waals surface area contributed by atoms with Crippen molar-refractivity contribution in [2.75, 3.05) is 20.3 Å². The average Bonchev–Trinajstić information content (AvgIpc) is 2.86. The van der Waals surface area contributed by atoms with E-state index >= 15 is 0 Å². The molecule has 4 heteroatoms. The molecular weight excluding hydrogens is 242 g/mol. The Labute approximate surface area is 116 Å². The van der Waals surface area contributed by atoms with E-state index in [0.717, 1.165) is 37.0 Å². The molecule has 0 heterocycles. The maximum absolute atomic E-state index is 11.9. The van der Waals surface area contributed by atoms with Crippen LogP contribution >= 0.6 is 0 Å². The van der Waals surface area contributed by atoms with Gasteiger partial charge in [-0.1, -0.05) is 20.3 Å². The second-order valence-corrected chi connectivity index (χ2v) is 5.12. The van der Waals surface area contributed by atoms with Crippen molar-refractivity contribution in [1.29, 1.82) is 0 Å². The van der Waals surface area contributed by atoms with Crippen molar-refractivity contribution in [3.05, 3.63) is 11.3 Å². The molecule has 110 valence electrons. The molecule has 2 atom stereocenters. The molecule has 0 saturated carbocycles. The van der Waals surface area contributed by atoms with E-state index in [-0.39, 0.29) is 12.0 Å². The topological polar surface area (TPSA) is 47.6 Å². The van der Waals surface area contributed by atoms with Crippen LogP contribution in [-0.2, 0) is 14.3 Å². The molecule has 1 N–H and O–H groups in total. The van der Waals surface area contributed by atoms with Gasteiger partial charge in [0.25, 0.3) is 0 Å². The lowest BCUT2D eigenvalue weighted by Gasteiger charge is -2.26. The summed E-state index contributed by atoms with van der Waals surface area (Å²) in [6.07, 6.45) is 3.87. The molecule has 0 radical (unpaired) electrons. The molecule has 0 aromatic carbocycles. The van der Waals surface area contributed by atoms with Crippen LogP contribution in [0, 0.1) is 5.92 Å². The molecular formula is C15H27NO3. The van der Waals surface area contributed by atoms with E-state index in [0.29, 0.717) is 19.1 Å². The maximum atomic E-state index is 11.9. The van der Waals surface area contributed by atoms with Gasteiger partial charge in [-0.2, -0.15) is 0 Å². The van der Waals surface area contributed by atoms with E-state index in [4.69, 9.17) is 9.47 Å². The van der Waals surface area contributed by atoms with Crippen molar-refractivity contribution >= 4 is 5.97 Å². The van der Waals surface area contributed by atoms with E-state index < -0.39 is 0 Å². The summed E-state index contributed by atoms with van der Waals surface area (Å²) < 4.78 is 10.4. The number of carbonyl (C=O) groups is 1. The number of hydrogen-bond donors (Lipinski definition) is 1. The van der Waals surface area contributed by atoms with E-state index in [1.165, 1.54) is 0 Å². The minimum atomic E-state index is -0.164. The summed E-state index contributed by atoms with van der Waals surface area (Å²) >= 11 is 0. The lowest BCUT2D eigenvalue weighted by molar-refractivity contribution is -0.138. The minimum Gasteiger partial charge on any atom is -0.463 e. The van der Waals surface area contributed by atoms with Crippen molar-refractivity contribution < 1.29 is 14.3 Å². The van der Waals surface area contributed by atoms with E-state index in [1.807, 2.05) is 6.92 Å². The molecule has 1 aliphatic rings. The van der Waals surface area contributed by atoms with E-state index in [9.17, 15) is 4.79 Å². The van der Waals surface area contributed by atoms with Gasteiger partial charge >= 0.3 is 5.97 Å². The number of hydrogen-bond acceptors (Lipinski definition) is 4. The lowest BCUT2D eigenvalue weighted by atomic mass is 9.99. The molecule has 0 bridgehead atoms. The quantitative estimate of drug-likeness (QED) is 0.688. The smallest absolute Gasteiger partial charge is 0.335 e. The highest BCUT2D eigenvalue weighted by molar-refractivity contribution is 5.89. The van der Waals surface area contributed by atoms with Gasteiger partial charge in [0, 0.05) is 12.8 Å². The molecule has 0 fully saturated rings. The van der Waals surface area contributed by atoms with Gasteiger partial charge in [-0.25, -0.2) is 4.79 Å². The van der Waals surface area contributed by atoms with Crippen LogP contribution in [0.25, 0.3) is 0 Å². The Morgan fingerprint density at radius 2 is 2.11 bits per heavy atom. The number of methoxy groups -OCH3 is 1. The first-order chi connectivity index (χ1) is 9.13. The van der Waals surface area contributed by atoms with Crippen LogP contribution in [0.15, 0.2) is 11.3 Å². The van der Waals surface area contributed by atoms with E-state index in [2.05, 4.69) is 19.2 Å². The Bertz CT molecular complexity index is 325. The largest absolute Gasteiger partial charge is 0.463 e. The molecule has 0 amide bonds. The number of nitrogens with one attached hydrogen (secondary N) is 1. The fraction of sp³-hybridized carbons (Fsp3) is 0.800. The first kappa shape index (κ1) is 16.0. The van der Waals surface area contributed by atoms with Crippen LogP contribution in [0.2, 0.25) is 0 Å². The van der Waals surface area contributed by atoms with Gasteiger partial charge in [-0.15, -0.1) is 0 Å². The van der Waals surface area contributed by atoms with Crippen LogP contribution < -0.4 is 5.32 Å². The Morgan fingerprint density at radius 3 is 2.68 bits per heavy atom. The number of allylic oxidation sites excluding steroid dienone is 1. The van der Waals surface area contributed by atoms with Gasteiger partial charge < -0.3 is 14.8 Å². The predicted octanol–water partition coefficient (Wildman–Crippen LogP) is 2.64. The number of carbonyl (C=O) groups excluding carboxylic acids is 1. The van der Waals surface area contributed by atoms with Crippen LogP contribution in [0.1, 0.15) is 46.5 Å². The normalized spacial score (nSPS) is 18.3. The van der Waals surface area contributed by atoms with Gasteiger partial charge in [-0.3, -0.25) is 0 Å². The number of rotatable bonds is 8. The lowest BCUT2D eigenvalue weighted by Crippen LogP contribution is -2.38. The molecule has 1 unspecified atom stereocenters. The summed E-state index contributed by atoms with van der Waals surface area (Å²) in [6, 6.07) is 0.257. The first-order valence-corrected chi connectivity index (χ1v) is 7.28. The van der Waals surface area contributed by atoms with Crippen molar-refractivity contribution in [2.45, 2.75) is 52.5 Å². The summed E-state index contributed by atoms with van der Waals surface area (Å²) in [5.41, 5.74) is 1.88. The van der Waals surface area contributed by atoms with Gasteiger partial charge in [-0.05, 0) is 32.1 Å². The van der Waals surface area contributed by atoms with Gasteiger partial charge in [0.2, 0.25) is 0 Å². The monoisotopic (exact) mass is 269 g/mol. The predicted molar refractivity (Wildman–Crippen MR) is 75.8 cm³/mol. The van der Waals surface area contributed by atoms with Crippen molar-refractivity contribution in [3.63, 3.8) is 0 Å².